The molecule has 0 N–H and O–H groups in total. The first-order valence-electron chi connectivity index (χ1n) is 11.5. The van der Waals surface area contributed by atoms with E-state index in [9.17, 15) is 4.79 Å². The van der Waals surface area contributed by atoms with Crippen molar-refractivity contribution in [3.05, 3.63) is 71.3 Å². The summed E-state index contributed by atoms with van der Waals surface area (Å²) in [5, 5.41) is 0. The SMILES string of the molecule is CC(C)(C)c1ccc(C(=O)N2CCC3(CCN(Cc4ccccc4)CC3)CC2)cc1. The lowest BCUT2D eigenvalue weighted by atomic mass is 9.71. The molecule has 2 aromatic carbocycles. The van der Waals surface area contributed by atoms with E-state index >= 15 is 0 Å². The van der Waals surface area contributed by atoms with E-state index in [0.29, 0.717) is 5.41 Å². The van der Waals surface area contributed by atoms with E-state index in [1.54, 1.807) is 0 Å². The van der Waals surface area contributed by atoms with Gasteiger partial charge in [0.25, 0.3) is 5.91 Å². The van der Waals surface area contributed by atoms with Crippen LogP contribution in [0.2, 0.25) is 0 Å². The summed E-state index contributed by atoms with van der Waals surface area (Å²) in [6.45, 7) is 11.8. The molecular weight excluding hydrogens is 368 g/mol. The van der Waals surface area contributed by atoms with Crippen LogP contribution >= 0.6 is 0 Å². The Bertz CT molecular complexity index is 833. The molecule has 0 unspecified atom stereocenters. The molecule has 160 valence electrons. The molecule has 0 aromatic heterocycles. The van der Waals surface area contributed by atoms with Gasteiger partial charge in [0.15, 0.2) is 0 Å². The second-order valence-corrected chi connectivity index (χ2v) is 10.4. The van der Waals surface area contributed by atoms with Gasteiger partial charge in [-0.2, -0.15) is 0 Å². The number of carbonyl (C=O) groups excluding carboxylic acids is 1. The first-order chi connectivity index (χ1) is 14.3. The molecule has 30 heavy (non-hydrogen) atoms. The number of amides is 1. The van der Waals surface area contributed by atoms with Crippen LogP contribution in [-0.4, -0.2) is 41.9 Å². The maximum absolute atomic E-state index is 13.0. The Morgan fingerprint density at radius 2 is 1.40 bits per heavy atom. The second-order valence-electron chi connectivity index (χ2n) is 10.4. The lowest BCUT2D eigenvalue weighted by Crippen LogP contribution is -2.48. The highest BCUT2D eigenvalue weighted by atomic mass is 16.2. The third kappa shape index (κ3) is 4.78. The fourth-order valence-electron chi connectivity index (χ4n) is 5.01. The third-order valence-electron chi connectivity index (χ3n) is 7.27. The van der Waals surface area contributed by atoms with Gasteiger partial charge in [-0.1, -0.05) is 63.2 Å². The summed E-state index contributed by atoms with van der Waals surface area (Å²) in [4.78, 5) is 17.7. The van der Waals surface area contributed by atoms with Gasteiger partial charge in [0.1, 0.15) is 0 Å². The summed E-state index contributed by atoms with van der Waals surface area (Å²) in [6.07, 6.45) is 4.83. The van der Waals surface area contributed by atoms with Crippen molar-refractivity contribution in [2.24, 2.45) is 5.41 Å². The van der Waals surface area contributed by atoms with Gasteiger partial charge in [-0.25, -0.2) is 0 Å². The van der Waals surface area contributed by atoms with Gasteiger partial charge in [0.2, 0.25) is 0 Å². The quantitative estimate of drug-likeness (QED) is 0.674. The first kappa shape index (κ1) is 21.1. The highest BCUT2D eigenvalue weighted by molar-refractivity contribution is 5.94. The highest BCUT2D eigenvalue weighted by Crippen LogP contribution is 2.41. The third-order valence-corrected chi connectivity index (χ3v) is 7.27. The van der Waals surface area contributed by atoms with Crippen LogP contribution in [-0.2, 0) is 12.0 Å². The van der Waals surface area contributed by atoms with E-state index in [4.69, 9.17) is 0 Å². The zero-order valence-electron chi connectivity index (χ0n) is 18.9. The van der Waals surface area contributed by atoms with Crippen LogP contribution in [0.5, 0.6) is 0 Å². The largest absolute Gasteiger partial charge is 0.339 e. The number of benzene rings is 2. The molecule has 2 heterocycles. The zero-order valence-corrected chi connectivity index (χ0v) is 18.9. The van der Waals surface area contributed by atoms with Gasteiger partial charge < -0.3 is 4.90 Å². The minimum Gasteiger partial charge on any atom is -0.339 e. The van der Waals surface area contributed by atoms with Crippen LogP contribution < -0.4 is 0 Å². The Balaban J connectivity index is 1.29. The Labute approximate surface area is 182 Å². The molecule has 0 bridgehead atoms. The van der Waals surface area contributed by atoms with Crippen molar-refractivity contribution in [2.45, 2.75) is 58.4 Å². The van der Waals surface area contributed by atoms with Gasteiger partial charge in [-0.3, -0.25) is 9.69 Å². The molecule has 2 aliphatic rings. The van der Waals surface area contributed by atoms with E-state index < -0.39 is 0 Å². The van der Waals surface area contributed by atoms with E-state index in [1.807, 2.05) is 12.1 Å². The number of carbonyl (C=O) groups is 1. The Morgan fingerprint density at radius 3 is 1.97 bits per heavy atom. The molecule has 2 fully saturated rings. The number of hydrogen-bond donors (Lipinski definition) is 0. The lowest BCUT2D eigenvalue weighted by Gasteiger charge is -2.47. The fourth-order valence-corrected chi connectivity index (χ4v) is 5.01. The number of piperidine rings is 2. The molecule has 3 nitrogen and oxygen atoms in total. The van der Waals surface area contributed by atoms with Gasteiger partial charge in [0.05, 0.1) is 0 Å². The number of hydrogen-bond acceptors (Lipinski definition) is 2. The summed E-state index contributed by atoms with van der Waals surface area (Å²) < 4.78 is 0. The molecule has 3 heteroatoms. The zero-order chi connectivity index (χ0) is 21.2. The molecular formula is C27H36N2O. The Morgan fingerprint density at radius 1 is 0.833 bits per heavy atom. The topological polar surface area (TPSA) is 23.6 Å². The number of likely N-dealkylation sites (tertiary alicyclic amines) is 2. The average Bonchev–Trinajstić information content (AvgIpc) is 2.76. The standard InChI is InChI=1S/C27H36N2O/c1-26(2,3)24-11-9-23(10-12-24)25(30)29-19-15-27(16-20-29)13-17-28(18-14-27)21-22-7-5-4-6-8-22/h4-12H,13-21H2,1-3H3. The van der Waals surface area contributed by atoms with Crippen LogP contribution in [0.4, 0.5) is 0 Å². The maximum atomic E-state index is 13.0. The van der Waals surface area contributed by atoms with Crippen molar-refractivity contribution in [2.75, 3.05) is 26.2 Å². The molecule has 0 atom stereocenters. The molecule has 2 aromatic rings. The molecule has 1 amide bonds. The molecule has 2 aliphatic heterocycles. The monoisotopic (exact) mass is 404 g/mol. The smallest absolute Gasteiger partial charge is 0.253 e. The fraction of sp³-hybridized carbons (Fsp3) is 0.519. The maximum Gasteiger partial charge on any atom is 0.253 e. The second kappa shape index (κ2) is 8.55. The molecule has 0 radical (unpaired) electrons. The van der Waals surface area contributed by atoms with Crippen LogP contribution in [0.25, 0.3) is 0 Å². The van der Waals surface area contributed by atoms with Crippen LogP contribution in [0.1, 0.15) is 67.9 Å². The normalized spacial score (nSPS) is 19.8. The van der Waals surface area contributed by atoms with E-state index in [0.717, 1.165) is 38.0 Å². The van der Waals surface area contributed by atoms with Gasteiger partial charge in [-0.05, 0) is 72.9 Å². The van der Waals surface area contributed by atoms with Crippen molar-refractivity contribution >= 4 is 5.91 Å². The summed E-state index contributed by atoms with van der Waals surface area (Å²) in [7, 11) is 0. The molecule has 2 saturated heterocycles. The van der Waals surface area contributed by atoms with E-state index in [1.165, 1.54) is 37.1 Å². The van der Waals surface area contributed by atoms with E-state index in [2.05, 4.69) is 73.0 Å². The van der Waals surface area contributed by atoms with Crippen molar-refractivity contribution < 1.29 is 4.79 Å². The molecule has 0 aliphatic carbocycles. The number of rotatable bonds is 3. The molecule has 1 spiro atoms. The predicted octanol–water partition coefficient (Wildman–Crippen LogP) is 5.50. The summed E-state index contributed by atoms with van der Waals surface area (Å²) in [6, 6.07) is 19.0. The first-order valence-corrected chi connectivity index (χ1v) is 11.5. The van der Waals surface area contributed by atoms with Crippen LogP contribution in [0, 0.1) is 5.41 Å². The van der Waals surface area contributed by atoms with Crippen LogP contribution in [0.15, 0.2) is 54.6 Å². The average molecular weight is 405 g/mol. The summed E-state index contributed by atoms with van der Waals surface area (Å²) >= 11 is 0. The van der Waals surface area contributed by atoms with Gasteiger partial charge in [0, 0.05) is 25.2 Å². The predicted molar refractivity (Wildman–Crippen MR) is 124 cm³/mol. The molecule has 0 saturated carbocycles. The van der Waals surface area contributed by atoms with Crippen LogP contribution in [0.3, 0.4) is 0 Å². The Hall–Kier alpha value is -2.13. The minimum absolute atomic E-state index is 0.120. The highest BCUT2D eigenvalue weighted by Gasteiger charge is 2.38. The van der Waals surface area contributed by atoms with Crippen molar-refractivity contribution in [3.63, 3.8) is 0 Å². The molecule has 4 rings (SSSR count). The Kier molecular flexibility index (Phi) is 6.02. The van der Waals surface area contributed by atoms with Gasteiger partial charge >= 0.3 is 0 Å². The minimum atomic E-state index is 0.120. The van der Waals surface area contributed by atoms with E-state index in [-0.39, 0.29) is 11.3 Å². The number of nitrogens with zero attached hydrogens (tertiary/aromatic N) is 2. The summed E-state index contributed by atoms with van der Waals surface area (Å²) in [5.74, 6) is 0.201. The van der Waals surface area contributed by atoms with Crippen molar-refractivity contribution in [1.29, 1.82) is 0 Å². The van der Waals surface area contributed by atoms with Crippen molar-refractivity contribution in [1.82, 2.24) is 9.80 Å². The lowest BCUT2D eigenvalue weighted by molar-refractivity contribution is 0.0285. The van der Waals surface area contributed by atoms with Crippen molar-refractivity contribution in [3.8, 4) is 0 Å². The van der Waals surface area contributed by atoms with Gasteiger partial charge in [-0.15, -0.1) is 0 Å². The summed E-state index contributed by atoms with van der Waals surface area (Å²) in [5.41, 5.74) is 4.08.